The molecule has 1 aliphatic rings. The van der Waals surface area contributed by atoms with Crippen LogP contribution in [0.15, 0.2) is 0 Å². The van der Waals surface area contributed by atoms with Crippen molar-refractivity contribution in [3.63, 3.8) is 0 Å². The Labute approximate surface area is 76.9 Å². The maximum atomic E-state index is 11.3. The van der Waals surface area contributed by atoms with Gasteiger partial charge in [0, 0.05) is 7.05 Å². The molecule has 1 rings (SSSR count). The lowest BCUT2D eigenvalue weighted by Gasteiger charge is -2.26. The van der Waals surface area contributed by atoms with Gasteiger partial charge in [0.2, 0.25) is 0 Å². The number of ether oxygens (including phenoxy) is 1. The van der Waals surface area contributed by atoms with Crippen molar-refractivity contribution in [1.82, 2.24) is 4.90 Å². The first-order chi connectivity index (χ1) is 6.04. The molecule has 5 heteroatoms. The molecular weight excluding hydrogens is 174 g/mol. The number of aliphatic hydroxyl groups is 2. The van der Waals surface area contributed by atoms with Crippen molar-refractivity contribution in [2.75, 3.05) is 20.3 Å². The van der Waals surface area contributed by atoms with Crippen LogP contribution in [0.3, 0.4) is 0 Å². The molecule has 1 unspecified atom stereocenters. The second kappa shape index (κ2) is 4.04. The van der Waals surface area contributed by atoms with E-state index in [0.717, 1.165) is 0 Å². The van der Waals surface area contributed by atoms with E-state index in [0.29, 0.717) is 6.61 Å². The molecule has 1 aliphatic heterocycles. The monoisotopic (exact) mass is 189 g/mol. The minimum atomic E-state index is -1.03. The summed E-state index contributed by atoms with van der Waals surface area (Å²) in [7, 11) is 1.55. The lowest BCUT2D eigenvalue weighted by Crippen LogP contribution is -2.47. The van der Waals surface area contributed by atoms with Gasteiger partial charge in [-0.3, -0.25) is 4.79 Å². The van der Waals surface area contributed by atoms with E-state index in [-0.39, 0.29) is 12.6 Å². The van der Waals surface area contributed by atoms with E-state index in [4.69, 9.17) is 9.84 Å². The molecule has 13 heavy (non-hydrogen) atoms. The van der Waals surface area contributed by atoms with Gasteiger partial charge in [0.05, 0.1) is 25.4 Å². The van der Waals surface area contributed by atoms with E-state index in [1.807, 2.05) is 0 Å². The summed E-state index contributed by atoms with van der Waals surface area (Å²) < 4.78 is 4.99. The zero-order valence-corrected chi connectivity index (χ0v) is 7.80. The van der Waals surface area contributed by atoms with Gasteiger partial charge in [-0.2, -0.15) is 0 Å². The van der Waals surface area contributed by atoms with Crippen molar-refractivity contribution in [1.29, 1.82) is 0 Å². The van der Waals surface area contributed by atoms with Crippen LogP contribution in [0.5, 0.6) is 0 Å². The van der Waals surface area contributed by atoms with Gasteiger partial charge in [-0.25, -0.2) is 0 Å². The summed E-state index contributed by atoms with van der Waals surface area (Å²) in [5, 5.41) is 18.4. The van der Waals surface area contributed by atoms with Gasteiger partial charge in [-0.1, -0.05) is 0 Å². The number of likely N-dealkylation sites (N-methyl/N-ethyl adjacent to an activating group) is 1. The number of hydrogen-bond donors (Lipinski definition) is 2. The fourth-order valence-corrected chi connectivity index (χ4v) is 1.36. The topological polar surface area (TPSA) is 70.0 Å². The van der Waals surface area contributed by atoms with Gasteiger partial charge in [-0.05, 0) is 6.92 Å². The summed E-state index contributed by atoms with van der Waals surface area (Å²) in [5.41, 5.74) is 0. The molecule has 1 amide bonds. The fraction of sp³-hybridized carbons (Fsp3) is 0.875. The van der Waals surface area contributed by atoms with Crippen LogP contribution in [0, 0.1) is 0 Å². The number of carbonyl (C=O) groups excluding carboxylic acids is 1. The van der Waals surface area contributed by atoms with Gasteiger partial charge < -0.3 is 19.8 Å². The van der Waals surface area contributed by atoms with Crippen LogP contribution in [0.2, 0.25) is 0 Å². The maximum absolute atomic E-state index is 11.3. The van der Waals surface area contributed by atoms with Crippen molar-refractivity contribution in [2.24, 2.45) is 0 Å². The Bertz CT molecular complexity index is 195. The maximum Gasteiger partial charge on any atom is 0.251 e. The van der Waals surface area contributed by atoms with Crippen LogP contribution in [-0.4, -0.2) is 59.5 Å². The summed E-state index contributed by atoms with van der Waals surface area (Å²) in [6.45, 7) is 1.99. The molecule has 0 radical (unpaired) electrons. The Morgan fingerprint density at radius 3 is 2.62 bits per heavy atom. The molecule has 0 aromatic heterocycles. The summed E-state index contributed by atoms with van der Waals surface area (Å²) in [5.74, 6) is -0.394. The number of aliphatic hydroxyl groups excluding tert-OH is 2. The Morgan fingerprint density at radius 1 is 1.62 bits per heavy atom. The molecular formula is C8H15NO4. The lowest BCUT2D eigenvalue weighted by molar-refractivity contribution is -0.141. The van der Waals surface area contributed by atoms with Crippen molar-refractivity contribution < 1.29 is 19.7 Å². The highest BCUT2D eigenvalue weighted by Gasteiger charge is 2.33. The molecule has 0 aromatic rings. The van der Waals surface area contributed by atoms with Crippen molar-refractivity contribution in [2.45, 2.75) is 25.2 Å². The highest BCUT2D eigenvalue weighted by molar-refractivity contribution is 5.80. The van der Waals surface area contributed by atoms with Crippen LogP contribution < -0.4 is 0 Å². The Morgan fingerprint density at radius 2 is 2.23 bits per heavy atom. The zero-order chi connectivity index (χ0) is 10.0. The largest absolute Gasteiger partial charge is 0.388 e. The average molecular weight is 189 g/mol. The number of nitrogens with zero attached hydrogens (tertiary/aromatic N) is 1. The summed E-state index contributed by atoms with van der Waals surface area (Å²) >= 11 is 0. The third-order valence-corrected chi connectivity index (χ3v) is 2.22. The molecule has 1 fully saturated rings. The Hall–Kier alpha value is -0.650. The first-order valence-corrected chi connectivity index (χ1v) is 4.24. The van der Waals surface area contributed by atoms with Crippen molar-refractivity contribution in [3.8, 4) is 0 Å². The molecule has 76 valence electrons. The quantitative estimate of drug-likeness (QED) is 0.559. The van der Waals surface area contributed by atoms with Gasteiger partial charge in [0.1, 0.15) is 6.10 Å². The molecule has 0 aromatic carbocycles. The number of carbonyl (C=O) groups is 1. The van der Waals surface area contributed by atoms with E-state index < -0.39 is 18.1 Å². The minimum Gasteiger partial charge on any atom is -0.388 e. The highest BCUT2D eigenvalue weighted by atomic mass is 16.5. The van der Waals surface area contributed by atoms with E-state index in [9.17, 15) is 9.90 Å². The van der Waals surface area contributed by atoms with Gasteiger partial charge in [0.25, 0.3) is 5.91 Å². The molecule has 0 spiro atoms. The fourth-order valence-electron chi connectivity index (χ4n) is 1.36. The van der Waals surface area contributed by atoms with E-state index >= 15 is 0 Å². The minimum absolute atomic E-state index is 0.252. The van der Waals surface area contributed by atoms with Crippen LogP contribution in [0.25, 0.3) is 0 Å². The normalized spacial score (nSPS) is 30.2. The van der Waals surface area contributed by atoms with Crippen LogP contribution in [0.1, 0.15) is 6.92 Å². The summed E-state index contributed by atoms with van der Waals surface area (Å²) in [6, 6.07) is -0.331. The van der Waals surface area contributed by atoms with Gasteiger partial charge in [0.15, 0.2) is 0 Å². The third kappa shape index (κ3) is 2.18. The highest BCUT2D eigenvalue weighted by Crippen LogP contribution is 2.12. The number of rotatable bonds is 2. The molecule has 1 saturated heterocycles. The third-order valence-electron chi connectivity index (χ3n) is 2.22. The summed E-state index contributed by atoms with van der Waals surface area (Å²) in [4.78, 5) is 12.6. The predicted octanol–water partition coefficient (Wildman–Crippen LogP) is -1.41. The van der Waals surface area contributed by atoms with Crippen LogP contribution >= 0.6 is 0 Å². The van der Waals surface area contributed by atoms with Crippen LogP contribution in [0.4, 0.5) is 0 Å². The Kier molecular flexibility index (Phi) is 3.24. The molecule has 1 heterocycles. The average Bonchev–Trinajstić information content (AvgIpc) is 2.48. The molecule has 0 bridgehead atoms. The first-order valence-electron chi connectivity index (χ1n) is 4.24. The summed E-state index contributed by atoms with van der Waals surface area (Å²) in [6.07, 6.45) is -1.68. The van der Waals surface area contributed by atoms with E-state index in [1.165, 1.54) is 11.8 Å². The second-order valence-electron chi connectivity index (χ2n) is 3.30. The standard InChI is InChI=1S/C8H15NO4/c1-5(10)8(12)9(2)6-3-13-4-7(6)11/h5-7,10-11H,3-4H2,1-2H3/t5?,6-,7-/m1/s1. The van der Waals surface area contributed by atoms with Gasteiger partial charge >= 0.3 is 0 Å². The lowest BCUT2D eigenvalue weighted by atomic mass is 10.2. The molecule has 0 saturated carbocycles. The molecule has 2 N–H and O–H groups in total. The molecule has 0 aliphatic carbocycles. The zero-order valence-electron chi connectivity index (χ0n) is 7.80. The van der Waals surface area contributed by atoms with Crippen LogP contribution in [-0.2, 0) is 9.53 Å². The van der Waals surface area contributed by atoms with E-state index in [1.54, 1.807) is 7.05 Å². The van der Waals surface area contributed by atoms with Gasteiger partial charge in [-0.15, -0.1) is 0 Å². The molecule has 3 atom stereocenters. The number of amides is 1. The van der Waals surface area contributed by atoms with E-state index in [2.05, 4.69) is 0 Å². The smallest absolute Gasteiger partial charge is 0.251 e. The first kappa shape index (κ1) is 10.4. The SMILES string of the molecule is CC(O)C(=O)N(C)[C@@H]1COC[C@H]1O. The van der Waals surface area contributed by atoms with Crippen molar-refractivity contribution >= 4 is 5.91 Å². The predicted molar refractivity (Wildman–Crippen MR) is 45.1 cm³/mol. The second-order valence-corrected chi connectivity index (χ2v) is 3.30. The Balaban J connectivity index is 2.56. The number of hydrogen-bond acceptors (Lipinski definition) is 4. The van der Waals surface area contributed by atoms with Crippen molar-refractivity contribution in [3.05, 3.63) is 0 Å². The molecule has 5 nitrogen and oxygen atoms in total.